The Morgan fingerprint density at radius 2 is 2.00 bits per heavy atom. The Labute approximate surface area is 167 Å². The first-order valence-corrected chi connectivity index (χ1v) is 10.1. The summed E-state index contributed by atoms with van der Waals surface area (Å²) >= 11 is 0. The molecule has 2 aliphatic heterocycles. The van der Waals surface area contributed by atoms with Gasteiger partial charge in [0.05, 0.1) is 25.0 Å². The second-order valence-electron chi connectivity index (χ2n) is 8.39. The summed E-state index contributed by atoms with van der Waals surface area (Å²) in [6, 6.07) is 10.7. The molecule has 6 heteroatoms. The van der Waals surface area contributed by atoms with Crippen molar-refractivity contribution in [1.82, 2.24) is 19.6 Å². The number of carbonyl (C=O) groups excluding carboxylic acids is 1. The summed E-state index contributed by atoms with van der Waals surface area (Å²) in [5.74, 6) is 0.120. The average molecular weight is 383 g/mol. The maximum Gasteiger partial charge on any atom is 0.257 e. The van der Waals surface area contributed by atoms with E-state index in [1.165, 1.54) is 5.56 Å². The number of hydrogen-bond acceptors (Lipinski definition) is 4. The predicted octanol–water partition coefficient (Wildman–Crippen LogP) is 2.57. The molecule has 6 nitrogen and oxygen atoms in total. The highest BCUT2D eigenvalue weighted by Crippen LogP contribution is 2.42. The zero-order chi connectivity index (χ0) is 19.7. The third-order valence-corrected chi connectivity index (χ3v) is 6.27. The largest absolute Gasteiger partial charge is 0.375 e. The van der Waals surface area contributed by atoms with Gasteiger partial charge in [0.25, 0.3) is 5.91 Å². The molecule has 0 aliphatic carbocycles. The molecular formula is C22H30N4O2. The summed E-state index contributed by atoms with van der Waals surface area (Å²) in [6.45, 7) is 8.91. The second kappa shape index (κ2) is 7.68. The highest BCUT2D eigenvalue weighted by atomic mass is 16.5. The van der Waals surface area contributed by atoms with Gasteiger partial charge in [0.2, 0.25) is 0 Å². The first-order valence-electron chi connectivity index (χ1n) is 10.1. The molecule has 1 aromatic heterocycles. The summed E-state index contributed by atoms with van der Waals surface area (Å²) < 4.78 is 7.86. The van der Waals surface area contributed by atoms with Gasteiger partial charge in [-0.3, -0.25) is 9.48 Å². The van der Waals surface area contributed by atoms with Crippen LogP contribution in [0, 0.1) is 12.3 Å². The van der Waals surface area contributed by atoms with Gasteiger partial charge in [-0.25, -0.2) is 0 Å². The fourth-order valence-electron chi connectivity index (χ4n) is 4.73. The molecule has 4 rings (SSSR count). The van der Waals surface area contributed by atoms with Crippen molar-refractivity contribution in [3.8, 4) is 0 Å². The van der Waals surface area contributed by atoms with Gasteiger partial charge in [-0.2, -0.15) is 5.10 Å². The molecule has 150 valence electrons. The van der Waals surface area contributed by atoms with E-state index in [0.29, 0.717) is 12.6 Å². The van der Waals surface area contributed by atoms with Crippen LogP contribution >= 0.6 is 0 Å². The van der Waals surface area contributed by atoms with E-state index in [4.69, 9.17) is 4.74 Å². The third-order valence-electron chi connectivity index (χ3n) is 6.27. The Balaban J connectivity index is 1.29. The van der Waals surface area contributed by atoms with Crippen LogP contribution in [0.25, 0.3) is 0 Å². The van der Waals surface area contributed by atoms with E-state index in [1.54, 1.807) is 6.20 Å². The van der Waals surface area contributed by atoms with Gasteiger partial charge in [-0.1, -0.05) is 30.3 Å². The van der Waals surface area contributed by atoms with E-state index >= 15 is 0 Å². The standard InChI is InChI=1S/C22H30N4O2/c1-4-26-17(2)20(11-23-26)21(27)25-15-22(16-25)10-19(24(3)14-22)13-28-12-18-8-6-5-7-9-18/h5-9,11,19H,4,10,12-16H2,1-3H3. The lowest BCUT2D eigenvalue weighted by Gasteiger charge is -2.48. The van der Waals surface area contributed by atoms with Crippen molar-refractivity contribution in [2.45, 2.75) is 39.5 Å². The lowest BCUT2D eigenvalue weighted by molar-refractivity contribution is 0.0108. The number of likely N-dealkylation sites (tertiary alicyclic amines) is 2. The first-order chi connectivity index (χ1) is 13.5. The molecule has 0 saturated carbocycles. The molecule has 2 saturated heterocycles. The van der Waals surface area contributed by atoms with Gasteiger partial charge in [-0.05, 0) is 32.9 Å². The van der Waals surface area contributed by atoms with Crippen LogP contribution < -0.4 is 0 Å². The summed E-state index contributed by atoms with van der Waals surface area (Å²) in [6.07, 6.45) is 2.81. The Bertz CT molecular complexity index is 826. The van der Waals surface area contributed by atoms with Crippen LogP contribution in [-0.2, 0) is 17.9 Å². The normalized spacial score (nSPS) is 21.2. The fourth-order valence-corrected chi connectivity index (χ4v) is 4.73. The van der Waals surface area contributed by atoms with Crippen molar-refractivity contribution in [1.29, 1.82) is 0 Å². The number of ether oxygens (including phenoxy) is 1. The average Bonchev–Trinajstić information content (AvgIpc) is 3.21. The molecule has 1 unspecified atom stereocenters. The number of nitrogens with zero attached hydrogens (tertiary/aromatic N) is 4. The molecule has 0 N–H and O–H groups in total. The molecule has 3 heterocycles. The second-order valence-corrected chi connectivity index (χ2v) is 8.39. The molecule has 28 heavy (non-hydrogen) atoms. The highest BCUT2D eigenvalue weighted by Gasteiger charge is 2.52. The minimum absolute atomic E-state index is 0.120. The molecule has 1 atom stereocenters. The van der Waals surface area contributed by atoms with Crippen molar-refractivity contribution >= 4 is 5.91 Å². The maximum absolute atomic E-state index is 12.8. The lowest BCUT2D eigenvalue weighted by Crippen LogP contribution is -2.59. The van der Waals surface area contributed by atoms with Gasteiger partial charge in [0.1, 0.15) is 0 Å². The van der Waals surface area contributed by atoms with Crippen molar-refractivity contribution in [3.63, 3.8) is 0 Å². The number of rotatable bonds is 6. The number of benzene rings is 1. The number of aryl methyl sites for hydroxylation is 1. The molecule has 2 fully saturated rings. The van der Waals surface area contributed by atoms with Gasteiger partial charge in [0, 0.05) is 43.3 Å². The predicted molar refractivity (Wildman–Crippen MR) is 108 cm³/mol. The SMILES string of the molecule is CCn1ncc(C(=O)N2CC3(CC(COCc4ccccc4)N(C)C3)C2)c1C. The zero-order valence-electron chi connectivity index (χ0n) is 17.1. The van der Waals surface area contributed by atoms with Crippen molar-refractivity contribution in [3.05, 3.63) is 53.3 Å². The molecule has 0 bridgehead atoms. The maximum atomic E-state index is 12.8. The Kier molecular flexibility index (Phi) is 5.25. The number of hydrogen-bond donors (Lipinski definition) is 0. The van der Waals surface area contributed by atoms with Crippen LogP contribution in [0.4, 0.5) is 0 Å². The van der Waals surface area contributed by atoms with Gasteiger partial charge < -0.3 is 14.5 Å². The van der Waals surface area contributed by atoms with E-state index in [-0.39, 0.29) is 11.3 Å². The molecular weight excluding hydrogens is 352 g/mol. The number of aromatic nitrogens is 2. The first kappa shape index (κ1) is 19.2. The molecule has 2 aliphatic rings. The number of likely N-dealkylation sites (N-methyl/N-ethyl adjacent to an activating group) is 1. The quantitative estimate of drug-likeness (QED) is 0.771. The monoisotopic (exact) mass is 382 g/mol. The molecule has 0 radical (unpaired) electrons. The van der Waals surface area contributed by atoms with Crippen LogP contribution in [0.5, 0.6) is 0 Å². The Morgan fingerprint density at radius 3 is 2.68 bits per heavy atom. The Hall–Kier alpha value is -2.18. The van der Waals surface area contributed by atoms with Crippen LogP contribution in [-0.4, -0.2) is 64.8 Å². The van der Waals surface area contributed by atoms with Crippen molar-refractivity contribution < 1.29 is 9.53 Å². The van der Waals surface area contributed by atoms with E-state index in [1.807, 2.05) is 41.6 Å². The van der Waals surface area contributed by atoms with Gasteiger partial charge in [0.15, 0.2) is 0 Å². The zero-order valence-corrected chi connectivity index (χ0v) is 17.1. The van der Waals surface area contributed by atoms with Crippen LogP contribution in [0.15, 0.2) is 36.5 Å². The van der Waals surface area contributed by atoms with E-state index in [9.17, 15) is 4.79 Å². The molecule has 1 amide bonds. The van der Waals surface area contributed by atoms with E-state index < -0.39 is 0 Å². The number of amides is 1. The minimum atomic E-state index is 0.120. The van der Waals surface area contributed by atoms with Crippen LogP contribution in [0.1, 0.15) is 35.0 Å². The minimum Gasteiger partial charge on any atom is -0.375 e. The highest BCUT2D eigenvalue weighted by molar-refractivity contribution is 5.95. The Morgan fingerprint density at radius 1 is 1.25 bits per heavy atom. The number of carbonyl (C=O) groups is 1. The molecule has 1 aromatic carbocycles. The van der Waals surface area contributed by atoms with E-state index in [0.717, 1.165) is 50.5 Å². The summed E-state index contributed by atoms with van der Waals surface area (Å²) in [5.41, 5.74) is 3.14. The smallest absolute Gasteiger partial charge is 0.257 e. The molecule has 1 spiro atoms. The van der Waals surface area contributed by atoms with Crippen LogP contribution in [0.2, 0.25) is 0 Å². The van der Waals surface area contributed by atoms with Gasteiger partial charge in [-0.15, -0.1) is 0 Å². The summed E-state index contributed by atoms with van der Waals surface area (Å²) in [4.78, 5) is 17.2. The van der Waals surface area contributed by atoms with Crippen LogP contribution in [0.3, 0.4) is 0 Å². The topological polar surface area (TPSA) is 50.6 Å². The van der Waals surface area contributed by atoms with Crippen molar-refractivity contribution in [2.75, 3.05) is 33.3 Å². The third kappa shape index (κ3) is 3.59. The van der Waals surface area contributed by atoms with E-state index in [2.05, 4.69) is 29.2 Å². The fraction of sp³-hybridized carbons (Fsp3) is 0.545. The summed E-state index contributed by atoms with van der Waals surface area (Å²) in [5, 5.41) is 4.31. The molecule has 2 aromatic rings. The van der Waals surface area contributed by atoms with Gasteiger partial charge >= 0.3 is 0 Å². The van der Waals surface area contributed by atoms with Crippen molar-refractivity contribution in [2.24, 2.45) is 5.41 Å². The summed E-state index contributed by atoms with van der Waals surface area (Å²) in [7, 11) is 2.17. The lowest BCUT2D eigenvalue weighted by atomic mass is 9.77.